The second kappa shape index (κ2) is 7.10. The van der Waals surface area contributed by atoms with E-state index in [0.29, 0.717) is 48.6 Å². The van der Waals surface area contributed by atoms with E-state index in [2.05, 4.69) is 0 Å². The van der Waals surface area contributed by atoms with Gasteiger partial charge < -0.3 is 19.9 Å². The first kappa shape index (κ1) is 20.9. The fourth-order valence-electron chi connectivity index (χ4n) is 4.26. The Balaban J connectivity index is 1.82. The van der Waals surface area contributed by atoms with Crippen molar-refractivity contribution in [3.05, 3.63) is 46.5 Å². The molecule has 2 aliphatic rings. The van der Waals surface area contributed by atoms with Gasteiger partial charge >= 0.3 is 0 Å². The van der Waals surface area contributed by atoms with Crippen LogP contribution in [0.5, 0.6) is 0 Å². The number of primary amides is 1. The van der Waals surface area contributed by atoms with Crippen molar-refractivity contribution in [2.45, 2.75) is 39.3 Å². The Kier molecular flexibility index (Phi) is 4.94. The lowest BCUT2D eigenvalue weighted by Gasteiger charge is -2.50. The maximum Gasteiger partial charge on any atom is 0.251 e. The molecule has 0 aliphatic carbocycles. The van der Waals surface area contributed by atoms with Gasteiger partial charge in [-0.25, -0.2) is 4.39 Å². The van der Waals surface area contributed by atoms with Crippen molar-refractivity contribution in [3.63, 3.8) is 0 Å². The Bertz CT molecular complexity index is 1040. The van der Waals surface area contributed by atoms with E-state index in [-0.39, 0.29) is 22.9 Å². The molecule has 1 spiro atoms. The second-order valence-corrected chi connectivity index (χ2v) is 9.84. The first-order chi connectivity index (χ1) is 14.0. The second-order valence-electron chi connectivity index (χ2n) is 9.43. The summed E-state index contributed by atoms with van der Waals surface area (Å²) in [4.78, 5) is 27.3. The van der Waals surface area contributed by atoms with Crippen molar-refractivity contribution in [1.82, 2.24) is 9.47 Å². The van der Waals surface area contributed by atoms with Gasteiger partial charge in [-0.05, 0) is 23.1 Å². The molecule has 2 amide bonds. The zero-order valence-corrected chi connectivity index (χ0v) is 18.1. The van der Waals surface area contributed by atoms with Gasteiger partial charge in [0.05, 0.1) is 36.0 Å². The Morgan fingerprint density at radius 2 is 2.00 bits per heavy atom. The fourth-order valence-corrected chi connectivity index (χ4v) is 4.44. The van der Waals surface area contributed by atoms with E-state index in [1.807, 2.05) is 31.5 Å². The highest BCUT2D eigenvalue weighted by atomic mass is 35.5. The van der Waals surface area contributed by atoms with Crippen LogP contribution in [-0.4, -0.2) is 41.0 Å². The minimum atomic E-state index is -0.597. The summed E-state index contributed by atoms with van der Waals surface area (Å²) in [6, 6.07) is 4.32. The van der Waals surface area contributed by atoms with E-state index in [1.165, 1.54) is 12.1 Å². The van der Waals surface area contributed by atoms with Gasteiger partial charge in [0, 0.05) is 24.7 Å². The fraction of sp³-hybridized carbons (Fsp3) is 0.455. The predicted octanol–water partition coefficient (Wildman–Crippen LogP) is 3.55. The van der Waals surface area contributed by atoms with E-state index in [0.717, 1.165) is 0 Å². The van der Waals surface area contributed by atoms with Gasteiger partial charge in [-0.3, -0.25) is 9.59 Å². The topological polar surface area (TPSA) is 77.6 Å². The molecule has 0 atom stereocenters. The smallest absolute Gasteiger partial charge is 0.251 e. The van der Waals surface area contributed by atoms with Crippen molar-refractivity contribution in [2.24, 2.45) is 11.1 Å². The summed E-state index contributed by atoms with van der Waals surface area (Å²) in [5.41, 5.74) is 7.36. The average molecular weight is 434 g/mol. The van der Waals surface area contributed by atoms with Crippen LogP contribution in [-0.2, 0) is 21.6 Å². The minimum Gasteiger partial charge on any atom is -0.376 e. The molecular weight excluding hydrogens is 409 g/mol. The van der Waals surface area contributed by atoms with Crippen LogP contribution in [0.2, 0.25) is 5.02 Å². The number of benzene rings is 1. The molecule has 2 aromatic rings. The molecule has 4 rings (SSSR count). The molecule has 2 aliphatic heterocycles. The van der Waals surface area contributed by atoms with Crippen LogP contribution in [0.15, 0.2) is 24.4 Å². The van der Waals surface area contributed by atoms with Gasteiger partial charge in [0.15, 0.2) is 0 Å². The van der Waals surface area contributed by atoms with Crippen molar-refractivity contribution in [1.29, 1.82) is 0 Å². The van der Waals surface area contributed by atoms with Gasteiger partial charge in [-0.15, -0.1) is 0 Å². The molecule has 160 valence electrons. The van der Waals surface area contributed by atoms with Gasteiger partial charge in [0.2, 0.25) is 5.91 Å². The quantitative estimate of drug-likeness (QED) is 0.804. The highest BCUT2D eigenvalue weighted by Gasteiger charge is 2.48. The maximum absolute atomic E-state index is 13.7. The first-order valence-corrected chi connectivity index (χ1v) is 10.2. The summed E-state index contributed by atoms with van der Waals surface area (Å²) in [5, 5.41) is -0.0317. The number of nitrogens with two attached hydrogens (primary N) is 1. The standard InChI is InChI=1S/C22H25ClFN3O3/c1-21(2,3)7-18(28)26-9-17-19(20(25)29)14(13-4-5-16(24)15(23)6-13)8-27(17)22(10-26)11-30-12-22/h4-6,8H,7,9-12H2,1-3H3,(H2,25,29). The summed E-state index contributed by atoms with van der Waals surface area (Å²) in [5.74, 6) is -1.10. The van der Waals surface area contributed by atoms with Crippen molar-refractivity contribution < 1.29 is 18.7 Å². The first-order valence-electron chi connectivity index (χ1n) is 9.86. The lowest BCUT2D eigenvalue weighted by atomic mass is 9.89. The molecule has 1 fully saturated rings. The van der Waals surface area contributed by atoms with Crippen molar-refractivity contribution >= 4 is 23.4 Å². The van der Waals surface area contributed by atoms with E-state index in [1.54, 1.807) is 11.0 Å². The van der Waals surface area contributed by atoms with Gasteiger partial charge in [-0.2, -0.15) is 0 Å². The third-order valence-corrected chi connectivity index (χ3v) is 5.99. The van der Waals surface area contributed by atoms with Crippen LogP contribution in [0.3, 0.4) is 0 Å². The van der Waals surface area contributed by atoms with Gasteiger partial charge in [-0.1, -0.05) is 38.4 Å². The third-order valence-electron chi connectivity index (χ3n) is 5.70. The third kappa shape index (κ3) is 3.50. The number of carbonyl (C=O) groups excluding carboxylic acids is 2. The van der Waals surface area contributed by atoms with Gasteiger partial charge in [0.25, 0.3) is 5.91 Å². The normalized spacial score (nSPS) is 17.6. The molecule has 30 heavy (non-hydrogen) atoms. The molecule has 1 aromatic heterocycles. The number of hydrogen-bond donors (Lipinski definition) is 1. The molecule has 3 heterocycles. The number of ether oxygens (including phenoxy) is 1. The Morgan fingerprint density at radius 3 is 2.53 bits per heavy atom. The molecule has 0 unspecified atom stereocenters. The Labute approximate surface area is 179 Å². The van der Waals surface area contributed by atoms with Crippen LogP contribution in [0.4, 0.5) is 4.39 Å². The van der Waals surface area contributed by atoms with Crippen LogP contribution in [0.1, 0.15) is 43.2 Å². The van der Waals surface area contributed by atoms with Crippen LogP contribution in [0.25, 0.3) is 11.1 Å². The number of halogens is 2. The number of rotatable bonds is 3. The predicted molar refractivity (Wildman–Crippen MR) is 112 cm³/mol. The van der Waals surface area contributed by atoms with Crippen LogP contribution >= 0.6 is 11.6 Å². The molecule has 1 saturated heterocycles. The van der Waals surface area contributed by atoms with Gasteiger partial charge in [0.1, 0.15) is 11.4 Å². The number of amides is 2. The Hall–Kier alpha value is -2.38. The summed E-state index contributed by atoms with van der Waals surface area (Å²) in [6.07, 6.45) is 2.25. The van der Waals surface area contributed by atoms with Crippen molar-refractivity contribution in [3.8, 4) is 11.1 Å². The van der Waals surface area contributed by atoms with Crippen molar-refractivity contribution in [2.75, 3.05) is 19.8 Å². The number of carbonyl (C=O) groups is 2. The van der Waals surface area contributed by atoms with Crippen LogP contribution < -0.4 is 5.73 Å². The van der Waals surface area contributed by atoms with Crippen LogP contribution in [0, 0.1) is 11.2 Å². The highest BCUT2D eigenvalue weighted by Crippen LogP contribution is 2.41. The van der Waals surface area contributed by atoms with E-state index in [9.17, 15) is 14.0 Å². The molecule has 0 radical (unpaired) electrons. The molecule has 1 aromatic carbocycles. The molecule has 0 bridgehead atoms. The Morgan fingerprint density at radius 1 is 1.30 bits per heavy atom. The maximum atomic E-state index is 13.7. The minimum absolute atomic E-state index is 0.0306. The number of hydrogen-bond acceptors (Lipinski definition) is 3. The summed E-state index contributed by atoms with van der Waals surface area (Å²) < 4.78 is 21.2. The SMILES string of the molecule is CC(C)(C)CC(=O)N1Cc2c(C(N)=O)c(-c3ccc(F)c(Cl)c3)cn2C2(COC2)C1. The molecule has 2 N–H and O–H groups in total. The monoisotopic (exact) mass is 433 g/mol. The number of nitrogens with zero attached hydrogens (tertiary/aromatic N) is 2. The lowest BCUT2D eigenvalue weighted by molar-refractivity contribution is -0.152. The summed E-state index contributed by atoms with van der Waals surface area (Å²) in [6.45, 7) is 7.72. The summed E-state index contributed by atoms with van der Waals surface area (Å²) in [7, 11) is 0. The van der Waals surface area contributed by atoms with E-state index < -0.39 is 17.3 Å². The molecule has 8 heteroatoms. The van der Waals surface area contributed by atoms with E-state index in [4.69, 9.17) is 22.1 Å². The average Bonchev–Trinajstić information content (AvgIpc) is 3.00. The number of fused-ring (bicyclic) bond motifs is 2. The highest BCUT2D eigenvalue weighted by molar-refractivity contribution is 6.31. The molecule has 0 saturated carbocycles. The molecule has 6 nitrogen and oxygen atoms in total. The van der Waals surface area contributed by atoms with E-state index >= 15 is 0 Å². The largest absolute Gasteiger partial charge is 0.376 e. The zero-order chi connectivity index (χ0) is 21.8. The zero-order valence-electron chi connectivity index (χ0n) is 17.3. The molecular formula is C22H25ClFN3O3. The number of aromatic nitrogens is 1. The summed E-state index contributed by atoms with van der Waals surface area (Å²) >= 11 is 5.97. The lowest BCUT2D eigenvalue weighted by Crippen LogP contribution is -2.62.